The first-order valence-corrected chi connectivity index (χ1v) is 6.71. The number of amides is 1. The summed E-state index contributed by atoms with van der Waals surface area (Å²) in [6.45, 7) is 5.83. The van der Waals surface area contributed by atoms with E-state index in [1.807, 2.05) is 63.2 Å². The first kappa shape index (κ1) is 14.1. The average molecular weight is 268 g/mol. The van der Waals surface area contributed by atoms with Crippen LogP contribution in [0.15, 0.2) is 42.5 Å². The zero-order valence-electron chi connectivity index (χ0n) is 12.1. The molecule has 0 fully saturated rings. The standard InChI is InChI=1S/C17H20N2O/c1-11-9-12(2)16(10-15(11)18)19-17(20)13(3)14-7-5-4-6-8-14/h4-10,13H,18H2,1-3H3,(H,19,20). The first-order valence-electron chi connectivity index (χ1n) is 6.71. The van der Waals surface area contributed by atoms with Crippen molar-refractivity contribution in [2.24, 2.45) is 0 Å². The molecule has 3 N–H and O–H groups in total. The number of rotatable bonds is 3. The molecule has 0 spiro atoms. The van der Waals surface area contributed by atoms with Crippen molar-refractivity contribution in [3.8, 4) is 0 Å². The number of nitrogens with two attached hydrogens (primary N) is 1. The highest BCUT2D eigenvalue weighted by Crippen LogP contribution is 2.24. The number of benzene rings is 2. The van der Waals surface area contributed by atoms with E-state index in [0.717, 1.165) is 22.4 Å². The van der Waals surface area contributed by atoms with Crippen LogP contribution in [0.5, 0.6) is 0 Å². The van der Waals surface area contributed by atoms with Gasteiger partial charge in [-0.25, -0.2) is 0 Å². The maximum absolute atomic E-state index is 12.3. The summed E-state index contributed by atoms with van der Waals surface area (Å²) in [7, 11) is 0. The number of nitrogens with one attached hydrogen (secondary N) is 1. The van der Waals surface area contributed by atoms with Crippen molar-refractivity contribution in [2.45, 2.75) is 26.7 Å². The number of nitrogen functional groups attached to an aromatic ring is 1. The molecular weight excluding hydrogens is 248 g/mol. The van der Waals surface area contributed by atoms with E-state index in [2.05, 4.69) is 5.32 Å². The summed E-state index contributed by atoms with van der Waals surface area (Å²) >= 11 is 0. The SMILES string of the molecule is Cc1cc(C)c(NC(=O)C(C)c2ccccc2)cc1N. The molecule has 3 heteroatoms. The lowest BCUT2D eigenvalue weighted by molar-refractivity contribution is -0.117. The molecule has 0 aromatic heterocycles. The summed E-state index contributed by atoms with van der Waals surface area (Å²) in [5.74, 6) is -0.222. The molecule has 2 rings (SSSR count). The third-order valence-electron chi connectivity index (χ3n) is 3.56. The molecule has 2 aromatic rings. The largest absolute Gasteiger partial charge is 0.398 e. The van der Waals surface area contributed by atoms with Gasteiger partial charge in [0.1, 0.15) is 0 Å². The Morgan fingerprint density at radius 3 is 2.40 bits per heavy atom. The molecule has 0 radical (unpaired) electrons. The van der Waals surface area contributed by atoms with Crippen molar-refractivity contribution in [1.82, 2.24) is 0 Å². The summed E-state index contributed by atoms with van der Waals surface area (Å²) in [5.41, 5.74) is 10.4. The van der Waals surface area contributed by atoms with Gasteiger partial charge < -0.3 is 11.1 Å². The van der Waals surface area contributed by atoms with Gasteiger partial charge in [-0.15, -0.1) is 0 Å². The number of hydrogen-bond donors (Lipinski definition) is 2. The fraction of sp³-hybridized carbons (Fsp3) is 0.235. The topological polar surface area (TPSA) is 55.1 Å². The second-order valence-corrected chi connectivity index (χ2v) is 5.15. The molecule has 0 bridgehead atoms. The minimum Gasteiger partial charge on any atom is -0.398 e. The Kier molecular flexibility index (Phi) is 4.08. The Bertz CT molecular complexity index is 620. The lowest BCUT2D eigenvalue weighted by atomic mass is 10.00. The quantitative estimate of drug-likeness (QED) is 0.835. The van der Waals surface area contributed by atoms with E-state index in [0.29, 0.717) is 5.69 Å². The zero-order valence-corrected chi connectivity index (χ0v) is 12.1. The number of carbonyl (C=O) groups is 1. The Morgan fingerprint density at radius 1 is 1.10 bits per heavy atom. The molecule has 1 unspecified atom stereocenters. The van der Waals surface area contributed by atoms with E-state index in [1.54, 1.807) is 0 Å². The summed E-state index contributed by atoms with van der Waals surface area (Å²) in [6, 6.07) is 13.5. The normalized spacial score (nSPS) is 11.9. The van der Waals surface area contributed by atoms with Crippen molar-refractivity contribution >= 4 is 17.3 Å². The van der Waals surface area contributed by atoms with Gasteiger partial charge in [0.2, 0.25) is 5.91 Å². The van der Waals surface area contributed by atoms with Crippen LogP contribution >= 0.6 is 0 Å². The van der Waals surface area contributed by atoms with Crippen molar-refractivity contribution in [3.63, 3.8) is 0 Å². The maximum atomic E-state index is 12.3. The highest BCUT2D eigenvalue weighted by molar-refractivity contribution is 5.96. The molecule has 0 heterocycles. The molecule has 0 saturated carbocycles. The van der Waals surface area contributed by atoms with Gasteiger partial charge in [0.15, 0.2) is 0 Å². The molecule has 1 amide bonds. The van der Waals surface area contributed by atoms with Crippen LogP contribution in [0.25, 0.3) is 0 Å². The second kappa shape index (κ2) is 5.78. The predicted molar refractivity (Wildman–Crippen MR) is 83.8 cm³/mol. The third kappa shape index (κ3) is 2.99. The van der Waals surface area contributed by atoms with Gasteiger partial charge in [-0.2, -0.15) is 0 Å². The van der Waals surface area contributed by atoms with E-state index in [9.17, 15) is 4.79 Å². The van der Waals surface area contributed by atoms with E-state index in [1.165, 1.54) is 0 Å². The Balaban J connectivity index is 2.18. The molecule has 0 aliphatic rings. The van der Waals surface area contributed by atoms with Crippen molar-refractivity contribution in [2.75, 3.05) is 11.1 Å². The van der Waals surface area contributed by atoms with Gasteiger partial charge in [-0.05, 0) is 43.5 Å². The first-order chi connectivity index (χ1) is 9.49. The maximum Gasteiger partial charge on any atom is 0.231 e. The van der Waals surface area contributed by atoms with Gasteiger partial charge in [-0.3, -0.25) is 4.79 Å². The van der Waals surface area contributed by atoms with Crippen molar-refractivity contribution in [1.29, 1.82) is 0 Å². The van der Waals surface area contributed by atoms with E-state index < -0.39 is 0 Å². The number of anilines is 2. The van der Waals surface area contributed by atoms with Crippen LogP contribution in [0.2, 0.25) is 0 Å². The number of carbonyl (C=O) groups excluding carboxylic acids is 1. The van der Waals surface area contributed by atoms with Gasteiger partial charge in [0.05, 0.1) is 5.92 Å². The van der Waals surface area contributed by atoms with Crippen LogP contribution in [-0.2, 0) is 4.79 Å². The molecule has 104 valence electrons. The highest BCUT2D eigenvalue weighted by Gasteiger charge is 2.16. The van der Waals surface area contributed by atoms with E-state index in [4.69, 9.17) is 5.73 Å². The van der Waals surface area contributed by atoms with Crippen LogP contribution in [0.4, 0.5) is 11.4 Å². The van der Waals surface area contributed by atoms with Gasteiger partial charge in [0.25, 0.3) is 0 Å². The Hall–Kier alpha value is -2.29. The van der Waals surface area contributed by atoms with Crippen molar-refractivity contribution < 1.29 is 4.79 Å². The fourth-order valence-electron chi connectivity index (χ4n) is 2.14. The van der Waals surface area contributed by atoms with Crippen LogP contribution in [0.1, 0.15) is 29.5 Å². The molecule has 3 nitrogen and oxygen atoms in total. The Morgan fingerprint density at radius 2 is 1.75 bits per heavy atom. The number of hydrogen-bond acceptors (Lipinski definition) is 2. The average Bonchev–Trinajstić information content (AvgIpc) is 2.44. The lowest BCUT2D eigenvalue weighted by Crippen LogP contribution is -2.19. The summed E-state index contributed by atoms with van der Waals surface area (Å²) in [5, 5.41) is 2.96. The minimum atomic E-state index is -0.196. The number of aryl methyl sites for hydroxylation is 2. The van der Waals surface area contributed by atoms with Crippen LogP contribution in [0, 0.1) is 13.8 Å². The zero-order chi connectivity index (χ0) is 14.7. The molecule has 20 heavy (non-hydrogen) atoms. The van der Waals surface area contributed by atoms with Gasteiger partial charge in [-0.1, -0.05) is 36.4 Å². The second-order valence-electron chi connectivity index (χ2n) is 5.15. The monoisotopic (exact) mass is 268 g/mol. The van der Waals surface area contributed by atoms with Crippen LogP contribution < -0.4 is 11.1 Å². The summed E-state index contributed by atoms with van der Waals surface area (Å²) < 4.78 is 0. The fourth-order valence-corrected chi connectivity index (χ4v) is 2.14. The van der Waals surface area contributed by atoms with Crippen LogP contribution in [-0.4, -0.2) is 5.91 Å². The predicted octanol–water partition coefficient (Wildman–Crippen LogP) is 3.63. The summed E-state index contributed by atoms with van der Waals surface area (Å²) in [6.07, 6.45) is 0. The van der Waals surface area contributed by atoms with Gasteiger partial charge in [0, 0.05) is 11.4 Å². The third-order valence-corrected chi connectivity index (χ3v) is 3.56. The molecule has 0 saturated heterocycles. The van der Waals surface area contributed by atoms with Crippen LogP contribution in [0.3, 0.4) is 0 Å². The molecule has 0 aliphatic heterocycles. The molecule has 0 aliphatic carbocycles. The summed E-state index contributed by atoms with van der Waals surface area (Å²) in [4.78, 5) is 12.3. The molecule has 2 aromatic carbocycles. The highest BCUT2D eigenvalue weighted by atomic mass is 16.1. The smallest absolute Gasteiger partial charge is 0.231 e. The molecule has 1 atom stereocenters. The minimum absolute atomic E-state index is 0.0254. The van der Waals surface area contributed by atoms with Crippen molar-refractivity contribution in [3.05, 3.63) is 59.2 Å². The Labute approximate surface area is 119 Å². The van der Waals surface area contributed by atoms with Gasteiger partial charge >= 0.3 is 0 Å². The molecular formula is C17H20N2O. The van der Waals surface area contributed by atoms with E-state index >= 15 is 0 Å². The van der Waals surface area contributed by atoms with E-state index in [-0.39, 0.29) is 11.8 Å². The lowest BCUT2D eigenvalue weighted by Gasteiger charge is -2.15.